The first-order valence-electron chi connectivity index (χ1n) is 9.47. The number of nitrogens with one attached hydrogen (secondary N) is 3. The maximum Gasteiger partial charge on any atom is 0.345 e. The molecule has 2 aromatic carbocycles. The van der Waals surface area contributed by atoms with Crippen molar-refractivity contribution < 1.29 is 9.78 Å². The second kappa shape index (κ2) is 8.44. The highest BCUT2D eigenvalue weighted by Crippen LogP contribution is 2.18. The number of carbonyl (C=O) groups excluding carboxylic acids is 1. The molecule has 2 aromatic heterocycles. The molecule has 0 aliphatic heterocycles. The molecule has 2 heterocycles. The topological polar surface area (TPSA) is 116 Å². The van der Waals surface area contributed by atoms with E-state index in [9.17, 15) is 9.59 Å². The van der Waals surface area contributed by atoms with Gasteiger partial charge in [0.25, 0.3) is 5.91 Å². The molecule has 5 N–H and O–H groups in total. The average molecular weight is 401 g/mol. The van der Waals surface area contributed by atoms with Crippen molar-refractivity contribution in [3.8, 4) is 0 Å². The summed E-state index contributed by atoms with van der Waals surface area (Å²) in [5, 5.41) is 6.57. The summed E-state index contributed by atoms with van der Waals surface area (Å²) in [5.74, 6) is 0.328. The molecule has 0 radical (unpaired) electrons. The molecule has 0 saturated carbocycles. The number of fused-ring (bicyclic) bond motifs is 1. The van der Waals surface area contributed by atoms with Gasteiger partial charge in [-0.15, -0.1) is 0 Å². The maximum atomic E-state index is 12.5. The van der Waals surface area contributed by atoms with Crippen LogP contribution in [0.3, 0.4) is 0 Å². The molecule has 1 amide bonds. The number of aromatic nitrogens is 3. The summed E-state index contributed by atoms with van der Waals surface area (Å²) in [6.07, 6.45) is 3.16. The van der Waals surface area contributed by atoms with Crippen molar-refractivity contribution in [3.63, 3.8) is 0 Å². The normalized spacial score (nSPS) is 10.7. The smallest absolute Gasteiger partial charge is 0.345 e. The Kier molecular flexibility index (Phi) is 5.38. The summed E-state index contributed by atoms with van der Waals surface area (Å²) in [5.41, 5.74) is 8.08. The van der Waals surface area contributed by atoms with Crippen LogP contribution in [0.25, 0.3) is 10.9 Å². The number of para-hydroxylation sites is 3. The van der Waals surface area contributed by atoms with Crippen molar-refractivity contribution in [1.29, 1.82) is 0 Å². The number of nitrogens with two attached hydrogens (primary N) is 1. The molecule has 4 aromatic rings. The van der Waals surface area contributed by atoms with Crippen LogP contribution in [0.2, 0.25) is 0 Å². The van der Waals surface area contributed by atoms with E-state index in [1.165, 1.54) is 6.20 Å². The van der Waals surface area contributed by atoms with Crippen LogP contribution in [0.4, 0.5) is 17.2 Å². The molecule has 4 rings (SSSR count). The third kappa shape index (κ3) is 4.12. The monoisotopic (exact) mass is 401 g/mol. The third-order valence-corrected chi connectivity index (χ3v) is 4.69. The minimum atomic E-state index is -0.287. The number of H-pyrrole nitrogens is 1. The summed E-state index contributed by atoms with van der Waals surface area (Å²) in [6.45, 7) is 0.975. The second-order valence-electron chi connectivity index (χ2n) is 6.72. The Balaban J connectivity index is 1.36. The zero-order valence-electron chi connectivity index (χ0n) is 16.1. The lowest BCUT2D eigenvalue weighted by atomic mass is 10.2. The minimum absolute atomic E-state index is 0.0497. The summed E-state index contributed by atoms with van der Waals surface area (Å²) < 4.78 is 1.61. The fourth-order valence-electron chi connectivity index (χ4n) is 3.06. The van der Waals surface area contributed by atoms with Crippen molar-refractivity contribution in [1.82, 2.24) is 9.55 Å². The Morgan fingerprint density at radius 3 is 2.67 bits per heavy atom. The highest BCUT2D eigenvalue weighted by molar-refractivity contribution is 6.05. The molecule has 0 bridgehead atoms. The summed E-state index contributed by atoms with van der Waals surface area (Å²) in [7, 11) is 0. The molecule has 0 atom stereocenters. The SMILES string of the molecule is Nc1ccccc1NC(=O)c1ccc(NCCn2c[nH+]c3ccccc3c2=O)nc1. The lowest BCUT2D eigenvalue weighted by Gasteiger charge is -2.09. The zero-order chi connectivity index (χ0) is 20.9. The highest BCUT2D eigenvalue weighted by Gasteiger charge is 2.10. The van der Waals surface area contributed by atoms with Gasteiger partial charge in [-0.3, -0.25) is 4.79 Å². The van der Waals surface area contributed by atoms with Gasteiger partial charge in [-0.05, 0) is 36.4 Å². The summed E-state index contributed by atoms with van der Waals surface area (Å²) in [6, 6.07) is 17.9. The predicted molar refractivity (Wildman–Crippen MR) is 116 cm³/mol. The number of hydrogen-bond acceptors (Lipinski definition) is 5. The molecule has 0 spiro atoms. The number of pyridine rings is 1. The molecule has 0 aliphatic rings. The summed E-state index contributed by atoms with van der Waals surface area (Å²) >= 11 is 0. The Morgan fingerprint density at radius 1 is 1.07 bits per heavy atom. The van der Waals surface area contributed by atoms with E-state index in [1.807, 2.05) is 18.2 Å². The number of nitrogen functional groups attached to an aromatic ring is 1. The van der Waals surface area contributed by atoms with Crippen LogP contribution < -0.4 is 26.9 Å². The van der Waals surface area contributed by atoms with Gasteiger partial charge in [-0.2, -0.15) is 4.57 Å². The van der Waals surface area contributed by atoms with Gasteiger partial charge in [0.15, 0.2) is 0 Å². The number of hydrogen-bond donors (Lipinski definition) is 3. The van der Waals surface area contributed by atoms with Gasteiger partial charge in [0.1, 0.15) is 23.3 Å². The van der Waals surface area contributed by atoms with E-state index in [1.54, 1.807) is 53.4 Å². The van der Waals surface area contributed by atoms with E-state index in [4.69, 9.17) is 5.73 Å². The van der Waals surface area contributed by atoms with E-state index < -0.39 is 0 Å². The number of carbonyl (C=O) groups is 1. The zero-order valence-corrected chi connectivity index (χ0v) is 16.1. The quantitative estimate of drug-likeness (QED) is 0.428. The number of benzene rings is 2. The first-order valence-corrected chi connectivity index (χ1v) is 9.47. The fourth-order valence-corrected chi connectivity index (χ4v) is 3.06. The van der Waals surface area contributed by atoms with Gasteiger partial charge in [-0.25, -0.2) is 14.8 Å². The molecule has 8 heteroatoms. The number of aromatic amines is 1. The Labute approximate surface area is 172 Å². The Bertz CT molecular complexity index is 1250. The molecular weight excluding hydrogens is 380 g/mol. The van der Waals surface area contributed by atoms with Crippen molar-refractivity contribution >= 4 is 34.0 Å². The molecule has 30 heavy (non-hydrogen) atoms. The number of rotatable bonds is 6. The molecule has 0 fully saturated rings. The van der Waals surface area contributed by atoms with Gasteiger partial charge in [0.2, 0.25) is 6.33 Å². The van der Waals surface area contributed by atoms with E-state index in [2.05, 4.69) is 20.6 Å². The Morgan fingerprint density at radius 2 is 1.87 bits per heavy atom. The molecule has 8 nitrogen and oxygen atoms in total. The standard InChI is InChI=1S/C22H20N6O2/c23-17-6-2-4-8-19(17)27-21(29)15-9-10-20(25-13-15)24-11-12-28-14-26-18-7-3-1-5-16(18)22(28)30/h1-10,13-14H,11-12,23H2,(H,24,25)(H,27,29)/p+1. The molecule has 0 saturated heterocycles. The first kappa shape index (κ1) is 19.1. The van der Waals surface area contributed by atoms with Crippen LogP contribution in [-0.4, -0.2) is 22.0 Å². The average Bonchev–Trinajstić information content (AvgIpc) is 2.77. The summed E-state index contributed by atoms with van der Waals surface area (Å²) in [4.78, 5) is 32.3. The lowest BCUT2D eigenvalue weighted by molar-refractivity contribution is -0.353. The number of nitrogens with zero attached hydrogens (tertiary/aromatic N) is 2. The van der Waals surface area contributed by atoms with Crippen LogP contribution in [-0.2, 0) is 6.54 Å². The largest absolute Gasteiger partial charge is 0.397 e. The van der Waals surface area contributed by atoms with Gasteiger partial charge >= 0.3 is 5.56 Å². The fraction of sp³-hybridized carbons (Fsp3) is 0.0909. The van der Waals surface area contributed by atoms with Crippen molar-refractivity contribution in [2.75, 3.05) is 22.9 Å². The van der Waals surface area contributed by atoms with Crippen molar-refractivity contribution in [2.45, 2.75) is 6.54 Å². The van der Waals surface area contributed by atoms with Crippen LogP contribution in [0.15, 0.2) is 78.0 Å². The number of anilines is 3. The predicted octanol–water partition coefficient (Wildman–Crippen LogP) is 2.16. The van der Waals surface area contributed by atoms with Crippen LogP contribution in [0.1, 0.15) is 10.4 Å². The van der Waals surface area contributed by atoms with Crippen LogP contribution >= 0.6 is 0 Å². The second-order valence-corrected chi connectivity index (χ2v) is 6.72. The Hall–Kier alpha value is -4.20. The minimum Gasteiger partial charge on any atom is -0.397 e. The van der Waals surface area contributed by atoms with Gasteiger partial charge < -0.3 is 16.4 Å². The molecule has 150 valence electrons. The lowest BCUT2D eigenvalue weighted by Crippen LogP contribution is -2.28. The number of amides is 1. The maximum absolute atomic E-state index is 12.5. The molecular formula is C22H21N6O2+. The molecule has 0 aliphatic carbocycles. The van der Waals surface area contributed by atoms with Gasteiger partial charge in [-0.1, -0.05) is 24.3 Å². The van der Waals surface area contributed by atoms with Gasteiger partial charge in [0, 0.05) is 6.20 Å². The van der Waals surface area contributed by atoms with E-state index in [0.717, 1.165) is 5.52 Å². The highest BCUT2D eigenvalue weighted by atomic mass is 16.1. The molecule has 0 unspecified atom stereocenters. The van der Waals surface area contributed by atoms with E-state index in [0.29, 0.717) is 41.2 Å². The van der Waals surface area contributed by atoms with E-state index >= 15 is 0 Å². The van der Waals surface area contributed by atoms with Crippen LogP contribution in [0, 0.1) is 0 Å². The van der Waals surface area contributed by atoms with Gasteiger partial charge in [0.05, 0.1) is 23.5 Å². The third-order valence-electron chi connectivity index (χ3n) is 4.69. The van der Waals surface area contributed by atoms with E-state index in [-0.39, 0.29) is 11.5 Å². The van der Waals surface area contributed by atoms with Crippen molar-refractivity contribution in [2.24, 2.45) is 0 Å². The van der Waals surface area contributed by atoms with Crippen molar-refractivity contribution in [3.05, 3.63) is 89.1 Å². The first-order chi connectivity index (χ1) is 14.6. The van der Waals surface area contributed by atoms with Crippen LogP contribution in [0.5, 0.6) is 0 Å².